The summed E-state index contributed by atoms with van der Waals surface area (Å²) in [5, 5.41) is 11.8. The number of furan rings is 1. The van der Waals surface area contributed by atoms with Gasteiger partial charge in [0.1, 0.15) is 12.2 Å². The van der Waals surface area contributed by atoms with E-state index < -0.39 is 5.97 Å². The molecule has 0 bridgehead atoms. The van der Waals surface area contributed by atoms with E-state index >= 15 is 0 Å². The predicted octanol–water partition coefficient (Wildman–Crippen LogP) is 2.28. The van der Waals surface area contributed by atoms with Crippen molar-refractivity contribution in [1.29, 1.82) is 0 Å². The first kappa shape index (κ1) is 13.6. The van der Waals surface area contributed by atoms with Gasteiger partial charge in [0, 0.05) is 11.6 Å². The second-order valence-electron chi connectivity index (χ2n) is 5.10. The lowest BCUT2D eigenvalue weighted by Gasteiger charge is -2.22. The van der Waals surface area contributed by atoms with Gasteiger partial charge in [-0.1, -0.05) is 19.3 Å². The first-order valence-electron chi connectivity index (χ1n) is 6.67. The van der Waals surface area contributed by atoms with Crippen LogP contribution in [0.15, 0.2) is 10.7 Å². The molecular formula is C14H19NO4. The molecule has 1 aromatic heterocycles. The Bertz CT molecular complexity index is 472. The van der Waals surface area contributed by atoms with E-state index in [0.717, 1.165) is 25.7 Å². The van der Waals surface area contributed by atoms with Crippen molar-refractivity contribution in [2.24, 2.45) is 0 Å². The largest absolute Gasteiger partial charge is 0.481 e. The van der Waals surface area contributed by atoms with Gasteiger partial charge in [0.25, 0.3) is 5.91 Å². The molecule has 0 saturated heterocycles. The molecule has 104 valence electrons. The van der Waals surface area contributed by atoms with E-state index in [-0.39, 0.29) is 24.1 Å². The van der Waals surface area contributed by atoms with Crippen LogP contribution in [0.5, 0.6) is 0 Å². The van der Waals surface area contributed by atoms with Gasteiger partial charge in [0.05, 0.1) is 11.8 Å². The summed E-state index contributed by atoms with van der Waals surface area (Å²) in [5.41, 5.74) is 1.07. The molecule has 1 aromatic rings. The first-order chi connectivity index (χ1) is 9.08. The molecule has 1 fully saturated rings. The van der Waals surface area contributed by atoms with Crippen LogP contribution in [0.4, 0.5) is 0 Å². The lowest BCUT2D eigenvalue weighted by atomic mass is 9.95. The summed E-state index contributed by atoms with van der Waals surface area (Å²) in [6, 6.07) is 0.202. The summed E-state index contributed by atoms with van der Waals surface area (Å²) >= 11 is 0. The number of aryl methyl sites for hydroxylation is 1. The van der Waals surface area contributed by atoms with Gasteiger partial charge in [0.15, 0.2) is 0 Å². The maximum Gasteiger partial charge on any atom is 0.311 e. The summed E-state index contributed by atoms with van der Waals surface area (Å²) in [7, 11) is 0. The van der Waals surface area contributed by atoms with Crippen LogP contribution < -0.4 is 5.32 Å². The minimum absolute atomic E-state index is 0.202. The third kappa shape index (κ3) is 3.36. The van der Waals surface area contributed by atoms with Crippen molar-refractivity contribution in [3.63, 3.8) is 0 Å². The van der Waals surface area contributed by atoms with Gasteiger partial charge in [-0.05, 0) is 19.8 Å². The summed E-state index contributed by atoms with van der Waals surface area (Å²) < 4.78 is 5.17. The Morgan fingerprint density at radius 3 is 2.68 bits per heavy atom. The number of hydrogen-bond donors (Lipinski definition) is 2. The van der Waals surface area contributed by atoms with Gasteiger partial charge in [-0.2, -0.15) is 0 Å². The van der Waals surface area contributed by atoms with Crippen LogP contribution in [0.3, 0.4) is 0 Å². The quantitative estimate of drug-likeness (QED) is 0.875. The highest BCUT2D eigenvalue weighted by molar-refractivity contribution is 5.97. The smallest absolute Gasteiger partial charge is 0.311 e. The minimum atomic E-state index is -0.999. The van der Waals surface area contributed by atoms with Crippen LogP contribution in [0.25, 0.3) is 0 Å². The summed E-state index contributed by atoms with van der Waals surface area (Å²) in [6.45, 7) is 1.75. The zero-order valence-corrected chi connectivity index (χ0v) is 11.1. The van der Waals surface area contributed by atoms with Crippen LogP contribution in [0.1, 0.15) is 53.8 Å². The Balaban J connectivity index is 2.09. The SMILES string of the molecule is Cc1coc(CC(=O)O)c1C(=O)NC1CCCCC1. The monoisotopic (exact) mass is 265 g/mol. The van der Waals surface area contributed by atoms with Gasteiger partial charge in [-0.15, -0.1) is 0 Å². The number of aliphatic carboxylic acids is 1. The standard InChI is InChI=1S/C14H19NO4/c1-9-8-19-11(7-12(16)17)13(9)14(18)15-10-5-3-2-4-6-10/h8,10H,2-7H2,1H3,(H,15,18)(H,16,17). The van der Waals surface area contributed by atoms with Crippen molar-refractivity contribution in [2.75, 3.05) is 0 Å². The van der Waals surface area contributed by atoms with E-state index in [9.17, 15) is 9.59 Å². The fourth-order valence-corrected chi connectivity index (χ4v) is 2.57. The fourth-order valence-electron chi connectivity index (χ4n) is 2.57. The van der Waals surface area contributed by atoms with E-state index in [1.54, 1.807) is 6.92 Å². The fraction of sp³-hybridized carbons (Fsp3) is 0.571. The van der Waals surface area contributed by atoms with Gasteiger partial charge in [-0.3, -0.25) is 9.59 Å². The van der Waals surface area contributed by atoms with Gasteiger partial charge in [-0.25, -0.2) is 0 Å². The van der Waals surface area contributed by atoms with Crippen LogP contribution >= 0.6 is 0 Å². The molecule has 1 aliphatic carbocycles. The van der Waals surface area contributed by atoms with E-state index in [4.69, 9.17) is 9.52 Å². The van der Waals surface area contributed by atoms with Crippen molar-refractivity contribution in [1.82, 2.24) is 5.32 Å². The minimum Gasteiger partial charge on any atom is -0.481 e. The van der Waals surface area contributed by atoms with Crippen molar-refractivity contribution >= 4 is 11.9 Å². The zero-order chi connectivity index (χ0) is 13.8. The number of carboxylic acids is 1. The molecule has 5 nitrogen and oxygen atoms in total. The molecule has 1 aliphatic rings. The van der Waals surface area contributed by atoms with Gasteiger partial charge >= 0.3 is 5.97 Å². The Morgan fingerprint density at radius 1 is 1.37 bits per heavy atom. The van der Waals surface area contributed by atoms with E-state index in [1.165, 1.54) is 12.7 Å². The van der Waals surface area contributed by atoms with E-state index in [2.05, 4.69) is 5.32 Å². The summed E-state index contributed by atoms with van der Waals surface area (Å²) in [6.07, 6.45) is 6.67. The third-order valence-corrected chi connectivity index (χ3v) is 3.53. The van der Waals surface area contributed by atoms with Gasteiger partial charge in [0.2, 0.25) is 0 Å². The van der Waals surface area contributed by atoms with Gasteiger partial charge < -0.3 is 14.8 Å². The molecule has 0 atom stereocenters. The number of hydrogen-bond acceptors (Lipinski definition) is 3. The molecule has 1 amide bonds. The molecule has 2 rings (SSSR count). The zero-order valence-electron chi connectivity index (χ0n) is 11.1. The van der Waals surface area contributed by atoms with Crippen molar-refractivity contribution < 1.29 is 19.1 Å². The maximum absolute atomic E-state index is 12.2. The van der Waals surface area contributed by atoms with E-state index in [1.807, 2.05) is 0 Å². The molecular weight excluding hydrogens is 246 g/mol. The Morgan fingerprint density at radius 2 is 2.05 bits per heavy atom. The third-order valence-electron chi connectivity index (χ3n) is 3.53. The second-order valence-corrected chi connectivity index (χ2v) is 5.10. The normalized spacial score (nSPS) is 16.3. The Hall–Kier alpha value is -1.78. The van der Waals surface area contributed by atoms with Crippen LogP contribution in [0.2, 0.25) is 0 Å². The number of carboxylic acid groups (broad SMARTS) is 1. The molecule has 5 heteroatoms. The molecule has 1 saturated carbocycles. The molecule has 0 spiro atoms. The summed E-state index contributed by atoms with van der Waals surface area (Å²) in [4.78, 5) is 23.0. The van der Waals surface area contributed by atoms with Crippen molar-refractivity contribution in [3.8, 4) is 0 Å². The molecule has 2 N–H and O–H groups in total. The Labute approximate surface area is 112 Å². The molecule has 1 heterocycles. The molecule has 19 heavy (non-hydrogen) atoms. The lowest BCUT2D eigenvalue weighted by Crippen LogP contribution is -2.36. The highest BCUT2D eigenvalue weighted by Gasteiger charge is 2.23. The summed E-state index contributed by atoms with van der Waals surface area (Å²) in [5.74, 6) is -0.978. The number of carbonyl (C=O) groups is 2. The lowest BCUT2D eigenvalue weighted by molar-refractivity contribution is -0.136. The predicted molar refractivity (Wildman–Crippen MR) is 69.1 cm³/mol. The number of rotatable bonds is 4. The number of nitrogens with one attached hydrogen (secondary N) is 1. The van der Waals surface area contributed by atoms with Crippen LogP contribution in [0, 0.1) is 6.92 Å². The topological polar surface area (TPSA) is 79.5 Å². The van der Waals surface area contributed by atoms with Crippen molar-refractivity contribution in [2.45, 2.75) is 51.5 Å². The Kier molecular flexibility index (Phi) is 4.24. The highest BCUT2D eigenvalue weighted by atomic mass is 16.4. The maximum atomic E-state index is 12.2. The molecule has 0 aliphatic heterocycles. The average molecular weight is 265 g/mol. The second kappa shape index (κ2) is 5.91. The first-order valence-corrected chi connectivity index (χ1v) is 6.67. The van der Waals surface area contributed by atoms with Crippen LogP contribution in [-0.4, -0.2) is 23.0 Å². The molecule has 0 radical (unpaired) electrons. The van der Waals surface area contributed by atoms with Crippen LogP contribution in [-0.2, 0) is 11.2 Å². The van der Waals surface area contributed by atoms with E-state index in [0.29, 0.717) is 11.1 Å². The number of carbonyl (C=O) groups excluding carboxylic acids is 1. The van der Waals surface area contributed by atoms with Crippen molar-refractivity contribution in [3.05, 3.63) is 23.2 Å². The molecule has 0 unspecified atom stereocenters. The molecule has 0 aromatic carbocycles. The average Bonchev–Trinajstić information content (AvgIpc) is 2.71. The number of amides is 1. The highest BCUT2D eigenvalue weighted by Crippen LogP contribution is 2.21.